The molecule has 4 aromatic rings. The summed E-state index contributed by atoms with van der Waals surface area (Å²) in [5.74, 6) is -0.512. The molecule has 10 heteroatoms. The van der Waals surface area contributed by atoms with Gasteiger partial charge in [-0.2, -0.15) is 9.40 Å². The normalized spacial score (nSPS) is 14.6. The Morgan fingerprint density at radius 2 is 1.76 bits per heavy atom. The third-order valence-corrected chi connectivity index (χ3v) is 8.89. The lowest BCUT2D eigenvalue weighted by atomic mass is 10.1. The standard InChI is InChI=1S/C28H30FN5O3S/c1-19-25(20(2)34-27(30-19)18-26(32-34)21-7-6-8-22(29)17-21)13-14-28(35)31-23-9-11-24(12-10-23)38(36,37)33-15-4-3-5-16-33/h6-12,17-18H,3-5,13-16H2,1-2H3,(H,31,35). The molecule has 1 N–H and O–H groups in total. The number of nitrogens with one attached hydrogen (secondary N) is 1. The number of piperidine rings is 1. The van der Waals surface area contributed by atoms with Crippen molar-refractivity contribution in [2.45, 2.75) is 50.8 Å². The van der Waals surface area contributed by atoms with Crippen molar-refractivity contribution in [3.63, 3.8) is 0 Å². The lowest BCUT2D eigenvalue weighted by Gasteiger charge is -2.25. The Kier molecular flexibility index (Phi) is 7.27. The van der Waals surface area contributed by atoms with Crippen molar-refractivity contribution in [3.05, 3.63) is 77.4 Å². The minimum atomic E-state index is -3.51. The van der Waals surface area contributed by atoms with Gasteiger partial charge in [0.05, 0.1) is 10.6 Å². The SMILES string of the molecule is Cc1nc2cc(-c3cccc(F)c3)nn2c(C)c1CCC(=O)Nc1ccc(S(=O)(=O)N2CCCCC2)cc1. The molecule has 2 aromatic carbocycles. The lowest BCUT2D eigenvalue weighted by Crippen LogP contribution is -2.35. The highest BCUT2D eigenvalue weighted by Gasteiger charge is 2.25. The maximum atomic E-state index is 13.7. The van der Waals surface area contributed by atoms with Crippen LogP contribution in [0.1, 0.15) is 42.6 Å². The summed E-state index contributed by atoms with van der Waals surface area (Å²) in [6, 6.07) is 14.4. The number of hydrogen-bond acceptors (Lipinski definition) is 5. The van der Waals surface area contributed by atoms with Crippen molar-refractivity contribution >= 4 is 27.3 Å². The van der Waals surface area contributed by atoms with Crippen LogP contribution in [0.3, 0.4) is 0 Å². The van der Waals surface area contributed by atoms with Gasteiger partial charge in [0.25, 0.3) is 0 Å². The molecule has 5 rings (SSSR count). The summed E-state index contributed by atoms with van der Waals surface area (Å²) in [7, 11) is -3.51. The monoisotopic (exact) mass is 535 g/mol. The number of sulfonamides is 1. The third-order valence-electron chi connectivity index (χ3n) is 6.98. The van der Waals surface area contributed by atoms with E-state index in [1.807, 2.05) is 19.9 Å². The lowest BCUT2D eigenvalue weighted by molar-refractivity contribution is -0.116. The smallest absolute Gasteiger partial charge is 0.243 e. The van der Waals surface area contributed by atoms with Gasteiger partial charge in [0, 0.05) is 48.2 Å². The Hall–Kier alpha value is -3.63. The Morgan fingerprint density at radius 3 is 2.47 bits per heavy atom. The van der Waals surface area contributed by atoms with Gasteiger partial charge in [0.15, 0.2) is 5.65 Å². The van der Waals surface area contributed by atoms with Crippen LogP contribution in [0.25, 0.3) is 16.9 Å². The number of anilines is 1. The summed E-state index contributed by atoms with van der Waals surface area (Å²) in [5.41, 5.74) is 5.09. The summed E-state index contributed by atoms with van der Waals surface area (Å²) < 4.78 is 42.6. The molecule has 0 atom stereocenters. The van der Waals surface area contributed by atoms with Crippen molar-refractivity contribution in [1.82, 2.24) is 18.9 Å². The fourth-order valence-corrected chi connectivity index (χ4v) is 6.42. The highest BCUT2D eigenvalue weighted by Crippen LogP contribution is 2.24. The molecule has 3 heterocycles. The molecule has 38 heavy (non-hydrogen) atoms. The maximum Gasteiger partial charge on any atom is 0.243 e. The van der Waals surface area contributed by atoms with E-state index in [1.165, 1.54) is 16.4 Å². The first-order valence-corrected chi connectivity index (χ1v) is 14.2. The van der Waals surface area contributed by atoms with Gasteiger partial charge < -0.3 is 5.32 Å². The number of halogens is 1. The van der Waals surface area contributed by atoms with Gasteiger partial charge in [-0.1, -0.05) is 18.6 Å². The summed E-state index contributed by atoms with van der Waals surface area (Å²) in [4.78, 5) is 17.6. The van der Waals surface area contributed by atoms with Crippen LogP contribution in [0.5, 0.6) is 0 Å². The van der Waals surface area contributed by atoms with Gasteiger partial charge in [-0.3, -0.25) is 4.79 Å². The maximum absolute atomic E-state index is 13.7. The van der Waals surface area contributed by atoms with Crippen molar-refractivity contribution in [2.75, 3.05) is 18.4 Å². The number of fused-ring (bicyclic) bond motifs is 1. The van der Waals surface area contributed by atoms with Crippen LogP contribution in [0.4, 0.5) is 10.1 Å². The minimum absolute atomic E-state index is 0.184. The number of carbonyl (C=O) groups excluding carboxylic acids is 1. The molecule has 1 fully saturated rings. The first-order chi connectivity index (χ1) is 18.2. The molecule has 2 aromatic heterocycles. The van der Waals surface area contributed by atoms with Crippen LogP contribution < -0.4 is 5.32 Å². The Balaban J connectivity index is 1.26. The number of rotatable bonds is 7. The highest BCUT2D eigenvalue weighted by molar-refractivity contribution is 7.89. The van der Waals surface area contributed by atoms with E-state index in [0.717, 1.165) is 36.2 Å². The quantitative estimate of drug-likeness (QED) is 0.363. The molecular formula is C28H30FN5O3S. The van der Waals surface area contributed by atoms with Crippen LogP contribution >= 0.6 is 0 Å². The van der Waals surface area contributed by atoms with E-state index >= 15 is 0 Å². The van der Waals surface area contributed by atoms with Gasteiger partial charge in [-0.15, -0.1) is 0 Å². The zero-order chi connectivity index (χ0) is 26.9. The van der Waals surface area contributed by atoms with Crippen LogP contribution in [0.15, 0.2) is 59.5 Å². The molecule has 0 spiro atoms. The molecule has 1 aliphatic heterocycles. The topological polar surface area (TPSA) is 96.7 Å². The van der Waals surface area contributed by atoms with E-state index in [2.05, 4.69) is 15.4 Å². The van der Waals surface area contributed by atoms with Crippen molar-refractivity contribution in [1.29, 1.82) is 0 Å². The highest BCUT2D eigenvalue weighted by atomic mass is 32.2. The number of carbonyl (C=O) groups is 1. The van der Waals surface area contributed by atoms with E-state index in [0.29, 0.717) is 42.1 Å². The van der Waals surface area contributed by atoms with Gasteiger partial charge in [0.1, 0.15) is 5.82 Å². The number of nitrogens with zero attached hydrogens (tertiary/aromatic N) is 4. The predicted molar refractivity (Wildman–Crippen MR) is 144 cm³/mol. The summed E-state index contributed by atoms with van der Waals surface area (Å²) in [6.07, 6.45) is 3.49. The predicted octanol–water partition coefficient (Wildman–Crippen LogP) is 4.90. The van der Waals surface area contributed by atoms with Crippen LogP contribution in [-0.2, 0) is 21.2 Å². The number of hydrogen-bond donors (Lipinski definition) is 1. The largest absolute Gasteiger partial charge is 0.326 e. The summed E-state index contributed by atoms with van der Waals surface area (Å²) in [6.45, 7) is 4.92. The molecule has 198 valence electrons. The Morgan fingerprint density at radius 1 is 1.03 bits per heavy atom. The van der Waals surface area contributed by atoms with Crippen LogP contribution in [-0.4, -0.2) is 46.3 Å². The second-order valence-electron chi connectivity index (χ2n) is 9.61. The van der Waals surface area contributed by atoms with Gasteiger partial charge >= 0.3 is 0 Å². The van der Waals surface area contributed by atoms with E-state index in [1.54, 1.807) is 40.9 Å². The fraction of sp³-hybridized carbons (Fsp3) is 0.321. The number of benzene rings is 2. The molecule has 8 nitrogen and oxygen atoms in total. The number of aromatic nitrogens is 3. The zero-order valence-electron chi connectivity index (χ0n) is 21.4. The van der Waals surface area contributed by atoms with Crippen molar-refractivity contribution < 1.29 is 17.6 Å². The van der Waals surface area contributed by atoms with Gasteiger partial charge in [-0.05, 0) is 75.1 Å². The Bertz CT molecular complexity index is 1590. The third kappa shape index (κ3) is 5.32. The summed E-state index contributed by atoms with van der Waals surface area (Å²) >= 11 is 0. The van der Waals surface area contributed by atoms with Crippen molar-refractivity contribution in [3.8, 4) is 11.3 Å². The Labute approximate surface area is 221 Å². The molecular weight excluding hydrogens is 505 g/mol. The van der Waals surface area contributed by atoms with E-state index in [4.69, 9.17) is 0 Å². The molecule has 1 amide bonds. The summed E-state index contributed by atoms with van der Waals surface area (Å²) in [5, 5.41) is 7.47. The minimum Gasteiger partial charge on any atom is -0.326 e. The molecule has 0 unspecified atom stereocenters. The van der Waals surface area contributed by atoms with E-state index in [-0.39, 0.29) is 23.0 Å². The average molecular weight is 536 g/mol. The average Bonchev–Trinajstić information content (AvgIpc) is 3.34. The molecule has 0 bridgehead atoms. The van der Waals surface area contributed by atoms with Crippen LogP contribution in [0, 0.1) is 19.7 Å². The number of aryl methyl sites for hydroxylation is 2. The second kappa shape index (κ2) is 10.6. The molecule has 1 saturated heterocycles. The second-order valence-corrected chi connectivity index (χ2v) is 11.5. The van der Waals surface area contributed by atoms with Crippen LogP contribution in [0.2, 0.25) is 0 Å². The molecule has 0 radical (unpaired) electrons. The first kappa shape index (κ1) is 26.0. The number of amides is 1. The molecule has 0 saturated carbocycles. The fourth-order valence-electron chi connectivity index (χ4n) is 4.90. The molecule has 1 aliphatic rings. The molecule has 0 aliphatic carbocycles. The van der Waals surface area contributed by atoms with Gasteiger partial charge in [0.2, 0.25) is 15.9 Å². The van der Waals surface area contributed by atoms with E-state index < -0.39 is 10.0 Å². The van der Waals surface area contributed by atoms with Crippen molar-refractivity contribution in [2.24, 2.45) is 0 Å². The van der Waals surface area contributed by atoms with E-state index in [9.17, 15) is 17.6 Å². The van der Waals surface area contributed by atoms with Gasteiger partial charge in [-0.25, -0.2) is 22.3 Å². The zero-order valence-corrected chi connectivity index (χ0v) is 22.3. The first-order valence-electron chi connectivity index (χ1n) is 12.7.